The Bertz CT molecular complexity index is 1100. The monoisotopic (exact) mass is 619 g/mol. The molecular weight excluding hydrogens is 566 g/mol. The second-order valence-electron chi connectivity index (χ2n) is 12.9. The summed E-state index contributed by atoms with van der Waals surface area (Å²) >= 11 is 0. The van der Waals surface area contributed by atoms with Crippen LogP contribution in [0.15, 0.2) is 18.2 Å². The van der Waals surface area contributed by atoms with Gasteiger partial charge in [0.15, 0.2) is 11.5 Å². The van der Waals surface area contributed by atoms with Gasteiger partial charge in [0.05, 0.1) is 19.8 Å². The van der Waals surface area contributed by atoms with Crippen LogP contribution in [-0.2, 0) is 19.0 Å². The standard InChI is InChI=1S/C33H53N3O8/c1-23(2)36(31(38)24-10-15-28(42-8)29(20-24)43-19-9-18-40-6)27-14-13-26(35(21-27)32(39)44-33(3,4)5)16-17-34(25-11-12-25)30(37)22-41-7/h10,15,20,23,25-27H,9,11-14,16-19,21-22H2,1-8H3/t26-,27+/m0/s1. The third-order valence-electron chi connectivity index (χ3n) is 7.93. The number of piperidine rings is 1. The molecule has 3 rings (SSSR count). The Kier molecular flexibility index (Phi) is 13.1. The maximum Gasteiger partial charge on any atom is 0.410 e. The van der Waals surface area contributed by atoms with Gasteiger partial charge in [-0.2, -0.15) is 0 Å². The van der Waals surface area contributed by atoms with Gasteiger partial charge < -0.3 is 38.4 Å². The molecule has 2 fully saturated rings. The Hall–Kier alpha value is -3.05. The number of carbonyl (C=O) groups is 3. The zero-order valence-electron chi connectivity index (χ0n) is 27.9. The average Bonchev–Trinajstić information content (AvgIpc) is 3.80. The number of carbonyl (C=O) groups excluding carboxylic acids is 3. The van der Waals surface area contributed by atoms with Crippen LogP contribution in [0.1, 0.15) is 83.5 Å². The second-order valence-corrected chi connectivity index (χ2v) is 12.9. The Balaban J connectivity index is 1.81. The van der Waals surface area contributed by atoms with Crippen LogP contribution in [0.5, 0.6) is 11.5 Å². The van der Waals surface area contributed by atoms with Crippen molar-refractivity contribution in [2.24, 2.45) is 0 Å². The van der Waals surface area contributed by atoms with Crippen LogP contribution in [0.3, 0.4) is 0 Å². The summed E-state index contributed by atoms with van der Waals surface area (Å²) in [6.45, 7) is 11.5. The number of ether oxygens (including phenoxy) is 5. The van der Waals surface area contributed by atoms with Crippen LogP contribution in [0.4, 0.5) is 4.79 Å². The Labute approximate surface area is 263 Å². The number of nitrogens with zero attached hydrogens (tertiary/aromatic N) is 3. The lowest BCUT2D eigenvalue weighted by molar-refractivity contribution is -0.136. The minimum atomic E-state index is -0.667. The van der Waals surface area contributed by atoms with Gasteiger partial charge in [0.1, 0.15) is 12.2 Å². The van der Waals surface area contributed by atoms with Gasteiger partial charge in [-0.25, -0.2) is 4.79 Å². The average molecular weight is 620 g/mol. The van der Waals surface area contributed by atoms with Crippen LogP contribution in [0.2, 0.25) is 0 Å². The molecule has 2 atom stereocenters. The summed E-state index contributed by atoms with van der Waals surface area (Å²) in [4.78, 5) is 45.8. The number of hydrogen-bond acceptors (Lipinski definition) is 8. The van der Waals surface area contributed by atoms with Gasteiger partial charge in [-0.1, -0.05) is 0 Å². The fraction of sp³-hybridized carbons (Fsp3) is 0.727. The van der Waals surface area contributed by atoms with E-state index < -0.39 is 11.7 Å². The van der Waals surface area contributed by atoms with Crippen molar-refractivity contribution in [1.82, 2.24) is 14.7 Å². The number of hydrogen-bond donors (Lipinski definition) is 0. The molecule has 2 aliphatic rings. The van der Waals surface area contributed by atoms with Crippen LogP contribution < -0.4 is 9.47 Å². The lowest BCUT2D eigenvalue weighted by atomic mass is 9.93. The predicted octanol–water partition coefficient (Wildman–Crippen LogP) is 4.76. The van der Waals surface area contributed by atoms with Crippen molar-refractivity contribution in [3.63, 3.8) is 0 Å². The van der Waals surface area contributed by atoms with E-state index in [2.05, 4.69) is 0 Å². The van der Waals surface area contributed by atoms with E-state index in [0.29, 0.717) is 62.6 Å². The number of amides is 3. The molecule has 3 amide bonds. The van der Waals surface area contributed by atoms with Gasteiger partial charge in [-0.3, -0.25) is 9.59 Å². The van der Waals surface area contributed by atoms with E-state index in [9.17, 15) is 14.4 Å². The smallest absolute Gasteiger partial charge is 0.410 e. The number of rotatable bonds is 15. The normalized spacial score (nSPS) is 18.6. The molecule has 1 heterocycles. The number of likely N-dealkylation sites (tertiary alicyclic amines) is 1. The quantitative estimate of drug-likeness (QED) is 0.259. The molecule has 0 unspecified atom stereocenters. The third-order valence-corrected chi connectivity index (χ3v) is 7.93. The topological polar surface area (TPSA) is 107 Å². The van der Waals surface area contributed by atoms with Crippen molar-refractivity contribution in [3.05, 3.63) is 23.8 Å². The summed E-state index contributed by atoms with van der Waals surface area (Å²) in [7, 11) is 4.74. The highest BCUT2D eigenvalue weighted by Gasteiger charge is 2.40. The summed E-state index contributed by atoms with van der Waals surface area (Å²) in [6, 6.07) is 5.02. The lowest BCUT2D eigenvalue weighted by Gasteiger charge is -2.45. The Morgan fingerprint density at radius 1 is 0.955 bits per heavy atom. The molecule has 1 aromatic rings. The molecule has 1 aliphatic heterocycles. The van der Waals surface area contributed by atoms with Crippen molar-refractivity contribution in [2.75, 3.05) is 54.2 Å². The van der Waals surface area contributed by atoms with Crippen molar-refractivity contribution in [1.29, 1.82) is 0 Å². The van der Waals surface area contributed by atoms with Crippen molar-refractivity contribution < 1.29 is 38.1 Å². The minimum Gasteiger partial charge on any atom is -0.493 e. The molecule has 1 saturated heterocycles. The molecule has 248 valence electrons. The molecule has 0 radical (unpaired) electrons. The highest BCUT2D eigenvalue weighted by molar-refractivity contribution is 5.95. The molecular formula is C33H53N3O8. The van der Waals surface area contributed by atoms with E-state index in [0.717, 1.165) is 19.3 Å². The molecule has 11 heteroatoms. The van der Waals surface area contributed by atoms with Crippen LogP contribution in [-0.4, -0.2) is 117 Å². The third kappa shape index (κ3) is 9.99. The summed E-state index contributed by atoms with van der Waals surface area (Å²) < 4.78 is 27.5. The fourth-order valence-electron chi connectivity index (χ4n) is 5.75. The van der Waals surface area contributed by atoms with E-state index in [1.54, 1.807) is 37.3 Å². The van der Waals surface area contributed by atoms with Gasteiger partial charge in [0, 0.05) is 64.0 Å². The Morgan fingerprint density at radius 2 is 1.66 bits per heavy atom. The van der Waals surface area contributed by atoms with Gasteiger partial charge in [-0.05, 0) is 84.9 Å². The van der Waals surface area contributed by atoms with Gasteiger partial charge in [-0.15, -0.1) is 0 Å². The van der Waals surface area contributed by atoms with Crippen molar-refractivity contribution in [3.8, 4) is 11.5 Å². The number of methoxy groups -OCH3 is 3. The molecule has 0 aromatic heterocycles. The highest BCUT2D eigenvalue weighted by Crippen LogP contribution is 2.33. The first kappa shape index (κ1) is 35.4. The van der Waals surface area contributed by atoms with Crippen LogP contribution in [0.25, 0.3) is 0 Å². The summed E-state index contributed by atoms with van der Waals surface area (Å²) in [6.07, 6.45) is 4.34. The molecule has 0 bridgehead atoms. The first-order valence-electron chi connectivity index (χ1n) is 15.8. The molecule has 1 saturated carbocycles. The van der Waals surface area contributed by atoms with Gasteiger partial charge >= 0.3 is 6.09 Å². The van der Waals surface area contributed by atoms with Crippen LogP contribution in [0, 0.1) is 0 Å². The molecule has 0 N–H and O–H groups in total. The maximum absolute atomic E-state index is 14.1. The number of benzene rings is 1. The summed E-state index contributed by atoms with van der Waals surface area (Å²) in [5.41, 5.74) is -0.178. The van der Waals surface area contributed by atoms with E-state index >= 15 is 0 Å². The molecule has 44 heavy (non-hydrogen) atoms. The minimum absolute atomic E-state index is 0.0226. The fourth-order valence-corrected chi connectivity index (χ4v) is 5.75. The first-order chi connectivity index (χ1) is 20.9. The zero-order valence-corrected chi connectivity index (χ0v) is 27.9. The molecule has 1 aliphatic carbocycles. The molecule has 11 nitrogen and oxygen atoms in total. The summed E-state index contributed by atoms with van der Waals surface area (Å²) in [5.74, 6) is 0.893. The molecule has 0 spiro atoms. The first-order valence-corrected chi connectivity index (χ1v) is 15.8. The van der Waals surface area contributed by atoms with E-state index in [1.807, 2.05) is 44.4 Å². The van der Waals surface area contributed by atoms with E-state index in [1.165, 1.54) is 7.11 Å². The van der Waals surface area contributed by atoms with E-state index in [4.69, 9.17) is 23.7 Å². The van der Waals surface area contributed by atoms with Crippen molar-refractivity contribution in [2.45, 2.75) is 103 Å². The SMILES string of the molecule is COCCCOc1cc(C(=O)N(C(C)C)[C@@H]2CC[C@@H](CCN(C(=O)COC)C3CC3)N(C(=O)OC(C)(C)C)C2)ccc1OC. The summed E-state index contributed by atoms with van der Waals surface area (Å²) in [5, 5.41) is 0. The lowest BCUT2D eigenvalue weighted by Crippen LogP contribution is -2.58. The van der Waals surface area contributed by atoms with E-state index in [-0.39, 0.29) is 42.6 Å². The second kappa shape index (κ2) is 16.3. The molecule has 1 aromatic carbocycles. The highest BCUT2D eigenvalue weighted by atomic mass is 16.6. The zero-order chi connectivity index (χ0) is 32.4. The largest absolute Gasteiger partial charge is 0.493 e. The van der Waals surface area contributed by atoms with Crippen LogP contribution >= 0.6 is 0 Å². The van der Waals surface area contributed by atoms with Crippen molar-refractivity contribution >= 4 is 17.9 Å². The Morgan fingerprint density at radius 3 is 2.25 bits per heavy atom. The van der Waals surface area contributed by atoms with Gasteiger partial charge in [0.2, 0.25) is 5.91 Å². The van der Waals surface area contributed by atoms with Gasteiger partial charge in [0.25, 0.3) is 5.91 Å². The predicted molar refractivity (Wildman–Crippen MR) is 167 cm³/mol. The maximum atomic E-state index is 14.1.